The van der Waals surface area contributed by atoms with Crippen LogP contribution in [0.5, 0.6) is 0 Å². The summed E-state index contributed by atoms with van der Waals surface area (Å²) in [7, 11) is 0. The second-order valence-corrected chi connectivity index (χ2v) is 8.00. The third-order valence-corrected chi connectivity index (χ3v) is 5.66. The summed E-state index contributed by atoms with van der Waals surface area (Å²) in [5, 5.41) is 13.6. The lowest BCUT2D eigenvalue weighted by Gasteiger charge is -2.21. The van der Waals surface area contributed by atoms with Gasteiger partial charge in [0.2, 0.25) is 5.91 Å². The molecule has 0 fully saturated rings. The van der Waals surface area contributed by atoms with Crippen LogP contribution < -0.4 is 5.32 Å². The van der Waals surface area contributed by atoms with Crippen LogP contribution in [0.1, 0.15) is 35.7 Å². The predicted octanol–water partition coefficient (Wildman–Crippen LogP) is 4.14. The first kappa shape index (κ1) is 18.8. The van der Waals surface area contributed by atoms with E-state index in [0.29, 0.717) is 28.1 Å². The van der Waals surface area contributed by atoms with Crippen molar-refractivity contribution in [2.24, 2.45) is 5.92 Å². The summed E-state index contributed by atoms with van der Waals surface area (Å²) >= 11 is 7.27. The fourth-order valence-corrected chi connectivity index (χ4v) is 4.07. The average Bonchev–Trinajstić information content (AvgIpc) is 2.64. The Morgan fingerprint density at radius 1 is 1.46 bits per heavy atom. The highest BCUT2D eigenvalue weighted by atomic mass is 35.5. The number of hydrogen-bond acceptors (Lipinski definition) is 4. The average molecular weight is 386 g/mol. The monoisotopic (exact) mass is 385 g/mol. The number of aryl methyl sites for hydroxylation is 1. The standard InChI is InChI=1S/C20H20ClN3OS/c1-13-5-6-18-15(7-13)9-16(10-22)20(24-18)26-12-19(25)23-11-14-3-2-4-17(21)8-14/h2-4,8-9,13H,5-7,11-12H2,1H3,(H,23,25). The first-order valence-electron chi connectivity index (χ1n) is 8.62. The number of rotatable bonds is 5. The maximum Gasteiger partial charge on any atom is 0.230 e. The van der Waals surface area contributed by atoms with Crippen molar-refractivity contribution in [2.75, 3.05) is 5.75 Å². The largest absolute Gasteiger partial charge is 0.351 e. The second kappa shape index (κ2) is 8.57. The van der Waals surface area contributed by atoms with Crippen LogP contribution in [-0.2, 0) is 24.2 Å². The maximum absolute atomic E-state index is 12.1. The Balaban J connectivity index is 1.60. The predicted molar refractivity (Wildman–Crippen MR) is 104 cm³/mol. The van der Waals surface area contributed by atoms with Gasteiger partial charge in [-0.1, -0.05) is 42.4 Å². The molecule has 1 unspecified atom stereocenters. The number of nitriles is 1. The molecule has 0 radical (unpaired) electrons. The lowest BCUT2D eigenvalue weighted by molar-refractivity contribution is -0.118. The Labute approximate surface area is 163 Å². The van der Waals surface area contributed by atoms with Crippen molar-refractivity contribution >= 4 is 29.3 Å². The van der Waals surface area contributed by atoms with E-state index in [9.17, 15) is 10.1 Å². The van der Waals surface area contributed by atoms with E-state index in [2.05, 4.69) is 23.3 Å². The molecule has 26 heavy (non-hydrogen) atoms. The molecule has 1 aromatic carbocycles. The lowest BCUT2D eigenvalue weighted by Crippen LogP contribution is -2.24. The number of benzene rings is 1. The summed E-state index contributed by atoms with van der Waals surface area (Å²) in [6, 6.07) is 11.6. The molecule has 3 rings (SSSR count). The van der Waals surface area contributed by atoms with Crippen LogP contribution in [0.3, 0.4) is 0 Å². The number of nitrogens with one attached hydrogen (secondary N) is 1. The Bertz CT molecular complexity index is 863. The molecule has 0 saturated carbocycles. The van der Waals surface area contributed by atoms with E-state index in [4.69, 9.17) is 11.6 Å². The zero-order valence-electron chi connectivity index (χ0n) is 14.6. The van der Waals surface area contributed by atoms with E-state index in [1.54, 1.807) is 6.07 Å². The van der Waals surface area contributed by atoms with Crippen molar-refractivity contribution in [1.29, 1.82) is 5.26 Å². The fraction of sp³-hybridized carbons (Fsp3) is 0.350. The molecule has 2 aromatic rings. The zero-order chi connectivity index (χ0) is 18.5. The molecular weight excluding hydrogens is 366 g/mol. The summed E-state index contributed by atoms with van der Waals surface area (Å²) < 4.78 is 0. The number of aromatic nitrogens is 1. The highest BCUT2D eigenvalue weighted by Gasteiger charge is 2.19. The van der Waals surface area contributed by atoms with Crippen molar-refractivity contribution in [3.05, 3.63) is 57.7 Å². The van der Waals surface area contributed by atoms with Crippen molar-refractivity contribution in [2.45, 2.75) is 37.8 Å². The number of halogens is 1. The maximum atomic E-state index is 12.1. The number of fused-ring (bicyclic) bond motifs is 1. The molecule has 1 N–H and O–H groups in total. The van der Waals surface area contributed by atoms with E-state index < -0.39 is 0 Å². The van der Waals surface area contributed by atoms with Gasteiger partial charge >= 0.3 is 0 Å². The molecule has 1 aliphatic rings. The minimum absolute atomic E-state index is 0.0907. The van der Waals surface area contributed by atoms with E-state index in [1.807, 2.05) is 24.3 Å². The van der Waals surface area contributed by atoms with Gasteiger partial charge in [-0.3, -0.25) is 4.79 Å². The first-order valence-corrected chi connectivity index (χ1v) is 9.98. The van der Waals surface area contributed by atoms with Gasteiger partial charge in [-0.15, -0.1) is 0 Å². The van der Waals surface area contributed by atoms with Gasteiger partial charge in [0.15, 0.2) is 0 Å². The number of pyridine rings is 1. The van der Waals surface area contributed by atoms with Crippen molar-refractivity contribution in [3.63, 3.8) is 0 Å². The third-order valence-electron chi connectivity index (χ3n) is 4.44. The molecule has 1 atom stereocenters. The molecule has 1 heterocycles. The van der Waals surface area contributed by atoms with E-state index >= 15 is 0 Å². The van der Waals surface area contributed by atoms with Crippen molar-refractivity contribution in [3.8, 4) is 6.07 Å². The number of hydrogen-bond donors (Lipinski definition) is 1. The molecule has 4 nitrogen and oxygen atoms in total. The number of amides is 1. The van der Waals surface area contributed by atoms with Gasteiger partial charge in [0.05, 0.1) is 11.3 Å². The van der Waals surface area contributed by atoms with Crippen LogP contribution in [0.15, 0.2) is 35.4 Å². The van der Waals surface area contributed by atoms with Crippen LogP contribution in [0, 0.1) is 17.2 Å². The smallest absolute Gasteiger partial charge is 0.230 e. The van der Waals surface area contributed by atoms with E-state index in [0.717, 1.165) is 30.5 Å². The number of carbonyl (C=O) groups is 1. The molecular formula is C20H20ClN3OS. The Morgan fingerprint density at radius 2 is 2.31 bits per heavy atom. The zero-order valence-corrected chi connectivity index (χ0v) is 16.2. The molecule has 1 amide bonds. The van der Waals surface area contributed by atoms with Crippen LogP contribution in [0.2, 0.25) is 5.02 Å². The topological polar surface area (TPSA) is 65.8 Å². The van der Waals surface area contributed by atoms with Crippen LogP contribution >= 0.6 is 23.4 Å². The van der Waals surface area contributed by atoms with Crippen molar-refractivity contribution in [1.82, 2.24) is 10.3 Å². The van der Waals surface area contributed by atoms with Crippen LogP contribution in [0.25, 0.3) is 0 Å². The van der Waals surface area contributed by atoms with Crippen LogP contribution in [0.4, 0.5) is 0 Å². The van der Waals surface area contributed by atoms with E-state index in [-0.39, 0.29) is 11.7 Å². The van der Waals surface area contributed by atoms with Gasteiger partial charge in [-0.2, -0.15) is 5.26 Å². The normalized spacial score (nSPS) is 15.8. The molecule has 1 aromatic heterocycles. The Morgan fingerprint density at radius 3 is 3.08 bits per heavy atom. The summed E-state index contributed by atoms with van der Waals surface area (Å²) in [6.45, 7) is 2.66. The highest BCUT2D eigenvalue weighted by molar-refractivity contribution is 8.00. The van der Waals surface area contributed by atoms with Gasteiger partial charge in [0, 0.05) is 17.3 Å². The molecule has 0 aliphatic heterocycles. The van der Waals surface area contributed by atoms with Crippen molar-refractivity contribution < 1.29 is 4.79 Å². The summed E-state index contributed by atoms with van der Waals surface area (Å²) in [5.74, 6) is 0.774. The lowest BCUT2D eigenvalue weighted by atomic mass is 9.87. The molecule has 0 spiro atoms. The summed E-state index contributed by atoms with van der Waals surface area (Å²) in [6.07, 6.45) is 3.04. The summed E-state index contributed by atoms with van der Waals surface area (Å²) in [4.78, 5) is 16.8. The minimum Gasteiger partial charge on any atom is -0.351 e. The number of nitrogens with zero attached hydrogens (tertiary/aromatic N) is 2. The van der Waals surface area contributed by atoms with Gasteiger partial charge in [-0.25, -0.2) is 4.98 Å². The minimum atomic E-state index is -0.0907. The molecule has 0 saturated heterocycles. The Hall–Kier alpha value is -2.03. The molecule has 1 aliphatic carbocycles. The summed E-state index contributed by atoms with van der Waals surface area (Å²) in [5.41, 5.74) is 3.76. The molecule has 6 heteroatoms. The van der Waals surface area contributed by atoms with Gasteiger partial charge < -0.3 is 5.32 Å². The van der Waals surface area contributed by atoms with Gasteiger partial charge in [0.25, 0.3) is 0 Å². The van der Waals surface area contributed by atoms with E-state index in [1.165, 1.54) is 17.3 Å². The SMILES string of the molecule is CC1CCc2nc(SCC(=O)NCc3cccc(Cl)c3)c(C#N)cc2C1. The van der Waals surface area contributed by atoms with Gasteiger partial charge in [0.1, 0.15) is 11.1 Å². The molecule has 0 bridgehead atoms. The number of carbonyl (C=O) groups excluding carboxylic acids is 1. The second-order valence-electron chi connectivity index (χ2n) is 6.60. The van der Waals surface area contributed by atoms with Crippen LogP contribution in [-0.4, -0.2) is 16.6 Å². The highest BCUT2D eigenvalue weighted by Crippen LogP contribution is 2.29. The third kappa shape index (κ3) is 4.78. The van der Waals surface area contributed by atoms with Gasteiger partial charge in [-0.05, 0) is 54.5 Å². The quantitative estimate of drug-likeness (QED) is 0.785. The first-order chi connectivity index (χ1) is 12.5. The molecule has 134 valence electrons. The fourth-order valence-electron chi connectivity index (χ4n) is 3.05. The number of thioether (sulfide) groups is 1. The Kier molecular flexibility index (Phi) is 6.18.